The highest BCUT2D eigenvalue weighted by Gasteiger charge is 2.39. The SMILES string of the molecule is CNCCC1(OC2CCCC2)CCC1. The Hall–Kier alpha value is -0.0800. The zero-order valence-electron chi connectivity index (χ0n) is 9.35. The van der Waals surface area contributed by atoms with E-state index in [-0.39, 0.29) is 5.60 Å². The van der Waals surface area contributed by atoms with Gasteiger partial charge in [-0.2, -0.15) is 0 Å². The van der Waals surface area contributed by atoms with E-state index in [4.69, 9.17) is 4.74 Å². The molecular weight excluding hydrogens is 174 g/mol. The monoisotopic (exact) mass is 197 g/mol. The summed E-state index contributed by atoms with van der Waals surface area (Å²) in [5.41, 5.74) is 0.276. The second-order valence-electron chi connectivity index (χ2n) is 4.91. The highest BCUT2D eigenvalue weighted by atomic mass is 16.5. The van der Waals surface area contributed by atoms with Gasteiger partial charge in [0.25, 0.3) is 0 Å². The fourth-order valence-electron chi connectivity index (χ4n) is 2.71. The Bertz CT molecular complexity index is 171. The van der Waals surface area contributed by atoms with E-state index >= 15 is 0 Å². The molecule has 0 spiro atoms. The molecule has 1 N–H and O–H groups in total. The van der Waals surface area contributed by atoms with Crippen molar-refractivity contribution in [1.82, 2.24) is 5.32 Å². The summed E-state index contributed by atoms with van der Waals surface area (Å²) in [5.74, 6) is 0. The van der Waals surface area contributed by atoms with Crippen LogP contribution in [0.1, 0.15) is 51.4 Å². The molecule has 0 saturated heterocycles. The maximum Gasteiger partial charge on any atom is 0.0698 e. The quantitative estimate of drug-likeness (QED) is 0.731. The number of ether oxygens (including phenoxy) is 1. The molecule has 2 rings (SSSR count). The molecule has 0 aromatic heterocycles. The van der Waals surface area contributed by atoms with E-state index in [9.17, 15) is 0 Å². The molecule has 2 heteroatoms. The zero-order valence-corrected chi connectivity index (χ0v) is 9.35. The number of hydrogen-bond acceptors (Lipinski definition) is 2. The molecule has 2 aliphatic rings. The topological polar surface area (TPSA) is 21.3 Å². The summed E-state index contributed by atoms with van der Waals surface area (Å²) in [6.45, 7) is 1.10. The first kappa shape index (κ1) is 10.4. The molecule has 0 aromatic rings. The summed E-state index contributed by atoms with van der Waals surface area (Å²) in [6, 6.07) is 0. The summed E-state index contributed by atoms with van der Waals surface area (Å²) >= 11 is 0. The fourth-order valence-corrected chi connectivity index (χ4v) is 2.71. The Morgan fingerprint density at radius 2 is 1.93 bits per heavy atom. The van der Waals surface area contributed by atoms with E-state index in [0.717, 1.165) is 6.54 Å². The van der Waals surface area contributed by atoms with Crippen LogP contribution in [0.5, 0.6) is 0 Å². The highest BCUT2D eigenvalue weighted by Crippen LogP contribution is 2.41. The Labute approximate surface area is 87.4 Å². The Morgan fingerprint density at radius 3 is 2.43 bits per heavy atom. The minimum atomic E-state index is 0.276. The van der Waals surface area contributed by atoms with E-state index in [1.807, 2.05) is 7.05 Å². The third kappa shape index (κ3) is 2.29. The molecule has 0 bridgehead atoms. The summed E-state index contributed by atoms with van der Waals surface area (Å²) in [6.07, 6.45) is 11.1. The van der Waals surface area contributed by atoms with Gasteiger partial charge in [0.2, 0.25) is 0 Å². The highest BCUT2D eigenvalue weighted by molar-refractivity contribution is 4.91. The van der Waals surface area contributed by atoms with E-state index in [1.54, 1.807) is 0 Å². The Morgan fingerprint density at radius 1 is 1.21 bits per heavy atom. The van der Waals surface area contributed by atoms with Gasteiger partial charge >= 0.3 is 0 Å². The van der Waals surface area contributed by atoms with Crippen molar-refractivity contribution in [2.75, 3.05) is 13.6 Å². The van der Waals surface area contributed by atoms with Crippen LogP contribution in [0.15, 0.2) is 0 Å². The lowest BCUT2D eigenvalue weighted by Crippen LogP contribution is -2.44. The van der Waals surface area contributed by atoms with Gasteiger partial charge in [-0.05, 0) is 52.1 Å². The Balaban J connectivity index is 1.78. The van der Waals surface area contributed by atoms with Gasteiger partial charge in [0.05, 0.1) is 11.7 Å². The molecule has 2 fully saturated rings. The van der Waals surface area contributed by atoms with E-state index in [0.29, 0.717) is 6.10 Å². The molecule has 0 radical (unpaired) electrons. The number of rotatable bonds is 5. The zero-order chi connectivity index (χ0) is 9.86. The molecule has 82 valence electrons. The van der Waals surface area contributed by atoms with Gasteiger partial charge in [0, 0.05) is 0 Å². The maximum absolute atomic E-state index is 6.30. The van der Waals surface area contributed by atoms with Gasteiger partial charge in [0.1, 0.15) is 0 Å². The van der Waals surface area contributed by atoms with Crippen LogP contribution in [0, 0.1) is 0 Å². The number of hydrogen-bond donors (Lipinski definition) is 1. The van der Waals surface area contributed by atoms with Gasteiger partial charge in [-0.15, -0.1) is 0 Å². The summed E-state index contributed by atoms with van der Waals surface area (Å²) in [7, 11) is 2.03. The van der Waals surface area contributed by atoms with Gasteiger partial charge in [-0.3, -0.25) is 0 Å². The first-order chi connectivity index (χ1) is 6.85. The average molecular weight is 197 g/mol. The fraction of sp³-hybridized carbons (Fsp3) is 1.00. The van der Waals surface area contributed by atoms with Gasteiger partial charge < -0.3 is 10.1 Å². The van der Waals surface area contributed by atoms with Crippen LogP contribution < -0.4 is 5.32 Å². The van der Waals surface area contributed by atoms with E-state index in [1.165, 1.54) is 51.4 Å². The first-order valence-electron chi connectivity index (χ1n) is 6.17. The van der Waals surface area contributed by atoms with Crippen molar-refractivity contribution >= 4 is 0 Å². The second-order valence-corrected chi connectivity index (χ2v) is 4.91. The standard InChI is InChI=1S/C12H23NO/c1-13-10-9-12(7-4-8-12)14-11-5-2-3-6-11/h11,13H,2-10H2,1H3. The van der Waals surface area contributed by atoms with Crippen LogP contribution in [0.2, 0.25) is 0 Å². The van der Waals surface area contributed by atoms with Crippen LogP contribution in [-0.4, -0.2) is 25.3 Å². The smallest absolute Gasteiger partial charge is 0.0698 e. The summed E-state index contributed by atoms with van der Waals surface area (Å²) in [4.78, 5) is 0. The molecule has 2 saturated carbocycles. The molecule has 0 aliphatic heterocycles. The predicted molar refractivity (Wildman–Crippen MR) is 58.5 cm³/mol. The minimum Gasteiger partial charge on any atom is -0.372 e. The average Bonchev–Trinajstić information content (AvgIpc) is 2.62. The molecule has 0 atom stereocenters. The molecule has 0 heterocycles. The summed E-state index contributed by atoms with van der Waals surface area (Å²) < 4.78 is 6.30. The van der Waals surface area contributed by atoms with Crippen LogP contribution in [0.3, 0.4) is 0 Å². The van der Waals surface area contributed by atoms with Crippen molar-refractivity contribution in [1.29, 1.82) is 0 Å². The predicted octanol–water partition coefficient (Wildman–Crippen LogP) is 2.48. The van der Waals surface area contributed by atoms with Gasteiger partial charge in [-0.25, -0.2) is 0 Å². The molecule has 0 aromatic carbocycles. The van der Waals surface area contributed by atoms with Crippen molar-refractivity contribution in [2.24, 2.45) is 0 Å². The van der Waals surface area contributed by atoms with Crippen LogP contribution >= 0.6 is 0 Å². The van der Waals surface area contributed by atoms with Crippen molar-refractivity contribution in [3.05, 3.63) is 0 Å². The largest absolute Gasteiger partial charge is 0.372 e. The lowest BCUT2D eigenvalue weighted by Gasteiger charge is -2.43. The molecule has 0 unspecified atom stereocenters. The Kier molecular flexibility index (Phi) is 3.45. The van der Waals surface area contributed by atoms with Crippen molar-refractivity contribution in [2.45, 2.75) is 63.1 Å². The van der Waals surface area contributed by atoms with Crippen LogP contribution in [0.4, 0.5) is 0 Å². The molecular formula is C12H23NO. The van der Waals surface area contributed by atoms with Crippen molar-refractivity contribution in [3.63, 3.8) is 0 Å². The van der Waals surface area contributed by atoms with E-state index in [2.05, 4.69) is 5.32 Å². The third-order valence-corrected chi connectivity index (χ3v) is 3.81. The first-order valence-corrected chi connectivity index (χ1v) is 6.17. The van der Waals surface area contributed by atoms with Crippen LogP contribution in [-0.2, 0) is 4.74 Å². The summed E-state index contributed by atoms with van der Waals surface area (Å²) in [5, 5.41) is 3.24. The maximum atomic E-state index is 6.30. The van der Waals surface area contributed by atoms with Crippen LogP contribution in [0.25, 0.3) is 0 Å². The van der Waals surface area contributed by atoms with E-state index < -0.39 is 0 Å². The normalized spacial score (nSPS) is 26.4. The van der Waals surface area contributed by atoms with Crippen molar-refractivity contribution < 1.29 is 4.74 Å². The lowest BCUT2D eigenvalue weighted by molar-refractivity contribution is -0.140. The lowest BCUT2D eigenvalue weighted by atomic mass is 9.77. The molecule has 0 amide bonds. The second kappa shape index (κ2) is 4.63. The van der Waals surface area contributed by atoms with Gasteiger partial charge in [-0.1, -0.05) is 12.8 Å². The third-order valence-electron chi connectivity index (χ3n) is 3.81. The number of nitrogens with one attached hydrogen (secondary N) is 1. The molecule has 2 nitrogen and oxygen atoms in total. The minimum absolute atomic E-state index is 0.276. The molecule has 2 aliphatic carbocycles. The van der Waals surface area contributed by atoms with Crippen molar-refractivity contribution in [3.8, 4) is 0 Å². The van der Waals surface area contributed by atoms with Gasteiger partial charge in [0.15, 0.2) is 0 Å². The molecule has 14 heavy (non-hydrogen) atoms.